The summed E-state index contributed by atoms with van der Waals surface area (Å²) < 4.78 is 3.86. The zero-order valence-corrected chi connectivity index (χ0v) is 45.1. The molecule has 55 heavy (non-hydrogen) atoms. The zero-order valence-electron chi connectivity index (χ0n) is 35.0. The van der Waals surface area contributed by atoms with Crippen molar-refractivity contribution in [2.75, 3.05) is 40.5 Å². The number of nitrogens with zero attached hydrogens (tertiary/aromatic N) is 1. The average Bonchev–Trinajstić information content (AvgIpc) is 3.05. The number of nitrogens with one attached hydrogen (secondary N) is 2. The van der Waals surface area contributed by atoms with Crippen LogP contribution in [0.3, 0.4) is 0 Å². The monoisotopic (exact) mass is 1180 g/mol. The van der Waals surface area contributed by atoms with Gasteiger partial charge < -0.3 is 15.5 Å². The van der Waals surface area contributed by atoms with Gasteiger partial charge in [-0.15, -0.1) is 11.1 Å². The number of fused-ring (bicyclic) bond motifs is 3. The molecule has 3 aromatic rings. The lowest BCUT2D eigenvalue weighted by Crippen LogP contribution is -2.37. The minimum atomic E-state index is -1.26. The molecule has 0 saturated heterocycles. The lowest BCUT2D eigenvalue weighted by atomic mass is 9.78. The Kier molecular flexibility index (Phi) is 17.8. The lowest BCUT2D eigenvalue weighted by molar-refractivity contribution is -0.117. The Balaban J connectivity index is 0.000000206. The number of amides is 1. The van der Waals surface area contributed by atoms with Crippen molar-refractivity contribution in [1.29, 1.82) is 0 Å². The van der Waals surface area contributed by atoms with Crippen LogP contribution < -0.4 is 15.5 Å². The maximum Gasteiger partial charge on any atom is 0.225 e. The van der Waals surface area contributed by atoms with Gasteiger partial charge in [-0.1, -0.05) is 109 Å². The Labute approximate surface area is 385 Å². The second kappa shape index (κ2) is 20.3. The van der Waals surface area contributed by atoms with Gasteiger partial charge >= 0.3 is 0 Å². The van der Waals surface area contributed by atoms with Crippen molar-refractivity contribution in [2.45, 2.75) is 116 Å². The first-order valence-electron chi connectivity index (χ1n) is 19.1. The molecule has 2 N–H and O–H groups in total. The Bertz CT molecular complexity index is 1940. The molecule has 0 aliphatic carbocycles. The van der Waals surface area contributed by atoms with Crippen LogP contribution in [0.25, 0.3) is 0 Å². The van der Waals surface area contributed by atoms with Gasteiger partial charge in [0.2, 0.25) is 5.91 Å². The Morgan fingerprint density at radius 3 is 1.73 bits per heavy atom. The van der Waals surface area contributed by atoms with Crippen LogP contribution in [0.5, 0.6) is 0 Å². The van der Waals surface area contributed by atoms with Crippen LogP contribution in [0.1, 0.15) is 77.5 Å². The van der Waals surface area contributed by atoms with Gasteiger partial charge in [-0.05, 0) is 163 Å². The quantitative estimate of drug-likeness (QED) is 0.110. The highest BCUT2D eigenvalue weighted by atomic mass is 127. The maximum atomic E-state index is 11.4. The van der Waals surface area contributed by atoms with Gasteiger partial charge in [0.15, 0.2) is 0 Å². The highest BCUT2D eigenvalue weighted by Gasteiger charge is 2.32. The van der Waals surface area contributed by atoms with Gasteiger partial charge in [0, 0.05) is 52.7 Å². The maximum absolute atomic E-state index is 11.4. The van der Waals surface area contributed by atoms with E-state index in [1.165, 1.54) is 51.6 Å². The number of anilines is 3. The fraction of sp³-hybridized carbons (Fsp3) is 0.489. The predicted molar refractivity (Wildman–Crippen MR) is 276 cm³/mol. The Hall–Kier alpha value is -1.05. The highest BCUT2D eigenvalue weighted by molar-refractivity contribution is 14.1. The van der Waals surface area contributed by atoms with E-state index >= 15 is 0 Å². The number of carbonyl (C=O) groups is 1. The van der Waals surface area contributed by atoms with Crippen LogP contribution in [-0.4, -0.2) is 47.0 Å². The van der Waals surface area contributed by atoms with Gasteiger partial charge in [-0.25, -0.2) is 0 Å². The van der Waals surface area contributed by atoms with E-state index in [0.717, 1.165) is 30.7 Å². The number of rotatable bonds is 1. The SMILES string of the molecule is CC1(C)CC(=O)Nc2ccc(I)cc21.CC1(C)CCN(CC#C[Si](C)(C)C)c2ccc(I)cc21.CC1(C)CCNc2ccc(I)cc21.C[Si](C)(C)C#CCBr. The molecule has 0 fully saturated rings. The lowest BCUT2D eigenvalue weighted by Gasteiger charge is -2.39. The zero-order chi connectivity index (χ0) is 41.4. The number of benzene rings is 3. The smallest absolute Gasteiger partial charge is 0.225 e. The van der Waals surface area contributed by atoms with Crippen LogP contribution in [0.15, 0.2) is 54.6 Å². The van der Waals surface area contributed by atoms with E-state index < -0.39 is 16.1 Å². The van der Waals surface area contributed by atoms with E-state index in [4.69, 9.17) is 0 Å². The highest BCUT2D eigenvalue weighted by Crippen LogP contribution is 2.41. The summed E-state index contributed by atoms with van der Waals surface area (Å²) in [6.45, 7) is 30.3. The summed E-state index contributed by atoms with van der Waals surface area (Å²) in [6, 6.07) is 19.6. The molecule has 0 radical (unpaired) electrons. The predicted octanol–water partition coefficient (Wildman–Crippen LogP) is 13.2. The number of alkyl halides is 1. The molecular formula is C45H61BrI3N3OSi2. The number of halogens is 4. The topological polar surface area (TPSA) is 44.4 Å². The molecule has 3 aliphatic rings. The molecule has 0 bridgehead atoms. The third-order valence-corrected chi connectivity index (χ3v) is 13.8. The van der Waals surface area contributed by atoms with E-state index in [2.05, 4.69) is 245 Å². The summed E-state index contributed by atoms with van der Waals surface area (Å²) in [5.74, 6) is 6.54. The summed E-state index contributed by atoms with van der Waals surface area (Å²) in [7, 11) is -2.33. The molecule has 10 heteroatoms. The molecule has 0 unspecified atom stereocenters. The van der Waals surface area contributed by atoms with Gasteiger partial charge in [0.1, 0.15) is 16.1 Å². The minimum absolute atomic E-state index is 0.0428. The standard InChI is InChI=1S/C17H24INSi.C11H12INO.C11H14IN.C6H11BrSi/c1-17(2)9-11-19(10-6-12-20(3,4)5)16-8-7-14(18)13-15(16)17;1-11(2)6-10(14)13-9-4-3-7(12)5-8(9)11;1-11(2)5-6-13-10-4-3-8(12)7-9(10)11;1-8(2,3)6-4-5-7/h7-8,13H,9-11H2,1-5H3;3-5H,6H2,1-2H3,(H,13,14);3-4,7,13H,5-6H2,1-2H3;5H2,1-3H3. The van der Waals surface area contributed by atoms with Crippen molar-refractivity contribution < 1.29 is 4.79 Å². The van der Waals surface area contributed by atoms with E-state index in [1.54, 1.807) is 0 Å². The van der Waals surface area contributed by atoms with Crippen LogP contribution in [0.2, 0.25) is 39.3 Å². The van der Waals surface area contributed by atoms with E-state index in [1.807, 2.05) is 12.1 Å². The van der Waals surface area contributed by atoms with Crippen molar-refractivity contribution in [3.8, 4) is 22.9 Å². The minimum Gasteiger partial charge on any atom is -0.385 e. The van der Waals surface area contributed by atoms with Gasteiger partial charge in [0.05, 0.1) is 11.9 Å². The summed E-state index contributed by atoms with van der Waals surface area (Å²) in [4.78, 5) is 13.9. The molecule has 0 spiro atoms. The molecule has 0 atom stereocenters. The van der Waals surface area contributed by atoms with Crippen molar-refractivity contribution >= 4 is 123 Å². The van der Waals surface area contributed by atoms with Crippen LogP contribution in [0, 0.1) is 33.6 Å². The van der Waals surface area contributed by atoms with E-state index in [-0.39, 0.29) is 16.7 Å². The largest absolute Gasteiger partial charge is 0.385 e. The Morgan fingerprint density at radius 1 is 0.691 bits per heavy atom. The summed E-state index contributed by atoms with van der Waals surface area (Å²) in [5.41, 5.74) is 15.1. The Morgan fingerprint density at radius 2 is 1.18 bits per heavy atom. The number of carbonyl (C=O) groups excluding carboxylic acids is 1. The van der Waals surface area contributed by atoms with E-state index in [9.17, 15) is 4.79 Å². The summed E-state index contributed by atoms with van der Waals surface area (Å²) in [5, 5.41) is 7.16. The average molecular weight is 1180 g/mol. The van der Waals surface area contributed by atoms with Crippen molar-refractivity contribution in [3.63, 3.8) is 0 Å². The molecule has 1 amide bonds. The fourth-order valence-electron chi connectivity index (χ4n) is 6.61. The van der Waals surface area contributed by atoms with Crippen LogP contribution >= 0.6 is 83.7 Å². The van der Waals surface area contributed by atoms with Crippen molar-refractivity contribution in [3.05, 3.63) is 82.0 Å². The van der Waals surface area contributed by atoms with Gasteiger partial charge in [0.25, 0.3) is 0 Å². The van der Waals surface area contributed by atoms with Crippen LogP contribution in [0.4, 0.5) is 17.1 Å². The van der Waals surface area contributed by atoms with Crippen molar-refractivity contribution in [1.82, 2.24) is 0 Å². The molecule has 3 aromatic carbocycles. The van der Waals surface area contributed by atoms with Crippen molar-refractivity contribution in [2.24, 2.45) is 0 Å². The second-order valence-corrected chi connectivity index (χ2v) is 32.3. The summed E-state index contributed by atoms with van der Waals surface area (Å²) >= 11 is 10.3. The molecular weight excluding hydrogens is 1120 g/mol. The molecule has 0 aromatic heterocycles. The fourth-order valence-corrected chi connectivity index (χ4v) is 9.71. The molecule has 4 nitrogen and oxygen atoms in total. The third-order valence-electron chi connectivity index (χ3n) is 9.66. The van der Waals surface area contributed by atoms with Gasteiger partial charge in [-0.2, -0.15) is 0 Å². The first-order chi connectivity index (χ1) is 25.3. The van der Waals surface area contributed by atoms with Crippen LogP contribution in [-0.2, 0) is 21.0 Å². The first kappa shape index (κ1) is 48.3. The molecule has 3 aliphatic heterocycles. The molecule has 6 rings (SSSR count). The molecule has 3 heterocycles. The normalized spacial score (nSPS) is 16.9. The van der Waals surface area contributed by atoms with E-state index in [0.29, 0.717) is 11.8 Å². The molecule has 0 saturated carbocycles. The second-order valence-electron chi connectivity index (χ2n) is 18.5. The molecule has 298 valence electrons. The first-order valence-corrected chi connectivity index (χ1v) is 30.4. The van der Waals surface area contributed by atoms with Gasteiger partial charge in [-0.3, -0.25) is 4.79 Å². The number of hydrogen-bond donors (Lipinski definition) is 2. The third kappa shape index (κ3) is 15.6. The number of hydrogen-bond acceptors (Lipinski definition) is 3. The summed E-state index contributed by atoms with van der Waals surface area (Å²) in [6.07, 6.45) is 2.99.